The first-order valence-corrected chi connectivity index (χ1v) is 9.03. The summed E-state index contributed by atoms with van der Waals surface area (Å²) in [6, 6.07) is 11.4. The molecule has 1 unspecified atom stereocenters. The molecule has 1 aliphatic carbocycles. The summed E-state index contributed by atoms with van der Waals surface area (Å²) < 4.78 is 5.22. The number of esters is 1. The van der Waals surface area contributed by atoms with Crippen molar-refractivity contribution in [3.63, 3.8) is 0 Å². The van der Waals surface area contributed by atoms with Gasteiger partial charge in [-0.2, -0.15) is 0 Å². The van der Waals surface area contributed by atoms with E-state index in [-0.39, 0.29) is 11.4 Å². The number of benzene rings is 1. The maximum absolute atomic E-state index is 11.3. The number of rotatable bonds is 9. The van der Waals surface area contributed by atoms with Gasteiger partial charge in [0.1, 0.15) is 6.61 Å². The monoisotopic (exact) mass is 317 g/mol. The van der Waals surface area contributed by atoms with Crippen molar-refractivity contribution in [2.45, 2.75) is 64.3 Å². The van der Waals surface area contributed by atoms with E-state index in [4.69, 9.17) is 4.74 Å². The minimum atomic E-state index is -0.117. The Balaban J connectivity index is 2.03. The molecular formula is C20H31NO2. The maximum atomic E-state index is 11.3. The molecule has 0 amide bonds. The van der Waals surface area contributed by atoms with Crippen LogP contribution in [-0.2, 0) is 14.9 Å². The Bertz CT molecular complexity index is 480. The Morgan fingerprint density at radius 3 is 2.48 bits per heavy atom. The highest BCUT2D eigenvalue weighted by atomic mass is 16.5. The van der Waals surface area contributed by atoms with E-state index in [9.17, 15) is 4.79 Å². The van der Waals surface area contributed by atoms with Crippen molar-refractivity contribution in [2.75, 3.05) is 13.2 Å². The van der Waals surface area contributed by atoms with Crippen LogP contribution in [0.5, 0.6) is 0 Å². The van der Waals surface area contributed by atoms with Crippen molar-refractivity contribution in [3.8, 4) is 0 Å². The number of ether oxygens (including phenoxy) is 1. The number of carbonyl (C=O) groups excluding carboxylic acids is 1. The summed E-state index contributed by atoms with van der Waals surface area (Å²) in [5, 5.41) is 3.69. The zero-order chi connectivity index (χ0) is 16.7. The Kier molecular flexibility index (Phi) is 6.64. The lowest BCUT2D eigenvalue weighted by Gasteiger charge is -2.49. The molecule has 1 aromatic rings. The molecular weight excluding hydrogens is 286 g/mol. The average molecular weight is 317 g/mol. The SMILES string of the molecule is CCC(=O)OCCNC(CC(C)C)C1(c2ccccc2)CCC1. The molecule has 3 nitrogen and oxygen atoms in total. The third kappa shape index (κ3) is 4.57. The van der Waals surface area contributed by atoms with Crippen LogP contribution in [0.15, 0.2) is 30.3 Å². The first-order valence-electron chi connectivity index (χ1n) is 9.03. The number of nitrogens with one attached hydrogen (secondary N) is 1. The summed E-state index contributed by atoms with van der Waals surface area (Å²) in [6.45, 7) is 7.59. The molecule has 0 aliphatic heterocycles. The molecule has 0 spiro atoms. The predicted molar refractivity (Wildman–Crippen MR) is 94.5 cm³/mol. The standard InChI is InChI=1S/C20H31NO2/c1-4-19(22)23-14-13-21-18(15-16(2)3)20(11-8-12-20)17-9-6-5-7-10-17/h5-7,9-10,16,18,21H,4,8,11-15H2,1-3H3. The first kappa shape index (κ1) is 18.0. The fourth-order valence-electron chi connectivity index (χ4n) is 3.64. The van der Waals surface area contributed by atoms with Crippen LogP contribution in [0.1, 0.15) is 58.4 Å². The largest absolute Gasteiger partial charge is 0.464 e. The van der Waals surface area contributed by atoms with E-state index in [1.54, 1.807) is 0 Å². The van der Waals surface area contributed by atoms with Gasteiger partial charge < -0.3 is 10.1 Å². The average Bonchev–Trinajstić information content (AvgIpc) is 2.50. The van der Waals surface area contributed by atoms with Crippen LogP contribution >= 0.6 is 0 Å². The minimum absolute atomic E-state index is 0.117. The van der Waals surface area contributed by atoms with Gasteiger partial charge in [-0.1, -0.05) is 57.5 Å². The fourth-order valence-corrected chi connectivity index (χ4v) is 3.64. The number of carbonyl (C=O) groups is 1. The van der Waals surface area contributed by atoms with Gasteiger partial charge in [0, 0.05) is 24.4 Å². The second-order valence-electron chi connectivity index (χ2n) is 7.09. The van der Waals surface area contributed by atoms with Crippen LogP contribution < -0.4 is 5.32 Å². The lowest BCUT2D eigenvalue weighted by Crippen LogP contribution is -2.54. The van der Waals surface area contributed by atoms with Crippen LogP contribution in [0.4, 0.5) is 0 Å². The Labute approximate surface area is 140 Å². The number of hydrogen-bond donors (Lipinski definition) is 1. The van der Waals surface area contributed by atoms with E-state index in [0.717, 1.165) is 13.0 Å². The second-order valence-corrected chi connectivity index (χ2v) is 7.09. The molecule has 128 valence electrons. The van der Waals surface area contributed by atoms with Crippen molar-refractivity contribution in [3.05, 3.63) is 35.9 Å². The van der Waals surface area contributed by atoms with Crippen LogP contribution in [-0.4, -0.2) is 25.2 Å². The van der Waals surface area contributed by atoms with Gasteiger partial charge in [0.2, 0.25) is 0 Å². The van der Waals surface area contributed by atoms with E-state index in [0.29, 0.717) is 25.0 Å². The van der Waals surface area contributed by atoms with Crippen LogP contribution in [0, 0.1) is 5.92 Å². The molecule has 3 heteroatoms. The van der Waals surface area contributed by atoms with Crippen molar-refractivity contribution in [2.24, 2.45) is 5.92 Å². The van der Waals surface area contributed by atoms with Gasteiger partial charge in [0.05, 0.1) is 0 Å². The van der Waals surface area contributed by atoms with Crippen molar-refractivity contribution >= 4 is 5.97 Å². The second kappa shape index (κ2) is 8.49. The quantitative estimate of drug-likeness (QED) is 0.551. The van der Waals surface area contributed by atoms with Crippen LogP contribution in [0.3, 0.4) is 0 Å². The lowest BCUT2D eigenvalue weighted by molar-refractivity contribution is -0.143. The van der Waals surface area contributed by atoms with E-state index in [2.05, 4.69) is 49.5 Å². The zero-order valence-electron chi connectivity index (χ0n) is 14.8. The Morgan fingerprint density at radius 2 is 1.96 bits per heavy atom. The van der Waals surface area contributed by atoms with Gasteiger partial charge in [0.25, 0.3) is 0 Å². The lowest BCUT2D eigenvalue weighted by atomic mass is 9.59. The Hall–Kier alpha value is -1.35. The summed E-state index contributed by atoms with van der Waals surface area (Å²) in [6.07, 6.45) is 5.39. The molecule has 0 bridgehead atoms. The molecule has 1 atom stereocenters. The predicted octanol–water partition coefficient (Wildman–Crippen LogP) is 4.07. The summed E-state index contributed by atoms with van der Waals surface area (Å²) in [7, 11) is 0. The molecule has 0 saturated heterocycles. The van der Waals surface area contributed by atoms with E-state index < -0.39 is 0 Å². The normalized spacial score (nSPS) is 17.6. The molecule has 1 aliphatic rings. The molecule has 1 saturated carbocycles. The molecule has 2 rings (SSSR count). The molecule has 1 N–H and O–H groups in total. The highest BCUT2D eigenvalue weighted by Gasteiger charge is 2.45. The van der Waals surface area contributed by atoms with E-state index in [1.165, 1.54) is 24.8 Å². The van der Waals surface area contributed by atoms with Gasteiger partial charge in [-0.3, -0.25) is 4.79 Å². The third-order valence-electron chi connectivity index (χ3n) is 5.01. The summed E-state index contributed by atoms with van der Waals surface area (Å²) in [5.74, 6) is 0.528. The molecule has 23 heavy (non-hydrogen) atoms. The van der Waals surface area contributed by atoms with Gasteiger partial charge >= 0.3 is 5.97 Å². The van der Waals surface area contributed by atoms with Gasteiger partial charge in [-0.25, -0.2) is 0 Å². The van der Waals surface area contributed by atoms with Gasteiger partial charge in [-0.15, -0.1) is 0 Å². The van der Waals surface area contributed by atoms with Crippen LogP contribution in [0.2, 0.25) is 0 Å². The van der Waals surface area contributed by atoms with E-state index >= 15 is 0 Å². The highest BCUT2D eigenvalue weighted by Crippen LogP contribution is 2.47. The first-order chi connectivity index (χ1) is 11.1. The molecule has 0 heterocycles. The Morgan fingerprint density at radius 1 is 1.26 bits per heavy atom. The molecule has 0 radical (unpaired) electrons. The highest BCUT2D eigenvalue weighted by molar-refractivity contribution is 5.68. The van der Waals surface area contributed by atoms with Crippen molar-refractivity contribution in [1.82, 2.24) is 5.32 Å². The van der Waals surface area contributed by atoms with Crippen molar-refractivity contribution in [1.29, 1.82) is 0 Å². The topological polar surface area (TPSA) is 38.3 Å². The third-order valence-corrected chi connectivity index (χ3v) is 5.01. The van der Waals surface area contributed by atoms with Crippen molar-refractivity contribution < 1.29 is 9.53 Å². The molecule has 0 aromatic heterocycles. The number of hydrogen-bond acceptors (Lipinski definition) is 3. The maximum Gasteiger partial charge on any atom is 0.305 e. The smallest absolute Gasteiger partial charge is 0.305 e. The molecule has 1 aromatic carbocycles. The van der Waals surface area contributed by atoms with Gasteiger partial charge in [-0.05, 0) is 30.7 Å². The summed E-state index contributed by atoms with van der Waals surface area (Å²) in [5.41, 5.74) is 1.70. The minimum Gasteiger partial charge on any atom is -0.464 e. The van der Waals surface area contributed by atoms with Crippen LogP contribution in [0.25, 0.3) is 0 Å². The fraction of sp³-hybridized carbons (Fsp3) is 0.650. The van der Waals surface area contributed by atoms with E-state index in [1.807, 2.05) is 6.92 Å². The summed E-state index contributed by atoms with van der Waals surface area (Å²) in [4.78, 5) is 11.3. The summed E-state index contributed by atoms with van der Waals surface area (Å²) >= 11 is 0. The van der Waals surface area contributed by atoms with Gasteiger partial charge in [0.15, 0.2) is 0 Å². The molecule has 1 fully saturated rings. The zero-order valence-corrected chi connectivity index (χ0v) is 14.8.